The molecule has 0 aromatic heterocycles. The van der Waals surface area contributed by atoms with Crippen molar-refractivity contribution in [3.05, 3.63) is 63.3 Å². The highest BCUT2D eigenvalue weighted by atomic mass is 35.5. The summed E-state index contributed by atoms with van der Waals surface area (Å²) in [5.41, 5.74) is -0.497. The molecule has 0 aliphatic heterocycles. The second kappa shape index (κ2) is 7.25. The minimum atomic E-state index is -1.44. The Balaban J connectivity index is 2.33. The summed E-state index contributed by atoms with van der Waals surface area (Å²) < 4.78 is 0. The quantitative estimate of drug-likeness (QED) is 0.720. The normalized spacial score (nSPS) is 11.2. The molecule has 8 heteroatoms. The Kier molecular flexibility index (Phi) is 5.33. The van der Waals surface area contributed by atoms with Gasteiger partial charge in [0.05, 0.1) is 10.6 Å². The van der Waals surface area contributed by atoms with Crippen molar-refractivity contribution in [3.8, 4) is 11.5 Å². The van der Waals surface area contributed by atoms with Crippen molar-refractivity contribution in [1.29, 1.82) is 0 Å². The molecule has 0 atom stereocenters. The largest absolute Gasteiger partial charge is 0.872 e. The summed E-state index contributed by atoms with van der Waals surface area (Å²) in [4.78, 5) is 23.5. The number of aliphatic carboxylic acids is 1. The zero-order chi connectivity index (χ0) is 17.9. The molecule has 0 unspecified atom stereocenters. The minimum absolute atomic E-state index is 0.00676. The monoisotopic (exact) mass is 366 g/mol. The van der Waals surface area contributed by atoms with E-state index in [2.05, 4.69) is 5.32 Å². The lowest BCUT2D eigenvalue weighted by Crippen LogP contribution is -2.27. The fourth-order valence-electron chi connectivity index (χ4n) is 1.81. The smallest absolute Gasteiger partial charge is 0.352 e. The molecule has 0 radical (unpaired) electrons. The first-order valence-corrected chi connectivity index (χ1v) is 7.25. The maximum Gasteiger partial charge on any atom is 0.352 e. The third-order valence-corrected chi connectivity index (χ3v) is 3.50. The zero-order valence-corrected chi connectivity index (χ0v) is 13.4. The van der Waals surface area contributed by atoms with Crippen LogP contribution in [0.5, 0.6) is 11.5 Å². The molecule has 0 saturated carbocycles. The average Bonchev–Trinajstić information content (AvgIpc) is 2.48. The van der Waals surface area contributed by atoms with Gasteiger partial charge in [0.15, 0.2) is 0 Å². The van der Waals surface area contributed by atoms with Crippen LogP contribution in [0.15, 0.2) is 42.1 Å². The zero-order valence-electron chi connectivity index (χ0n) is 11.9. The van der Waals surface area contributed by atoms with Crippen LogP contribution < -0.4 is 10.4 Å². The van der Waals surface area contributed by atoms with Gasteiger partial charge < -0.3 is 20.6 Å². The van der Waals surface area contributed by atoms with E-state index in [0.717, 1.165) is 12.1 Å². The number of carboxylic acids is 1. The lowest BCUT2D eigenvalue weighted by Gasteiger charge is -2.12. The lowest BCUT2D eigenvalue weighted by atomic mass is 10.1. The van der Waals surface area contributed by atoms with E-state index in [1.807, 2.05) is 0 Å². The Labute approximate surface area is 146 Å². The van der Waals surface area contributed by atoms with Crippen molar-refractivity contribution >= 4 is 41.2 Å². The fourth-order valence-corrected chi connectivity index (χ4v) is 2.31. The third kappa shape index (κ3) is 4.18. The van der Waals surface area contributed by atoms with Crippen LogP contribution in [0, 0.1) is 0 Å². The molecule has 2 aromatic rings. The molecule has 6 nitrogen and oxygen atoms in total. The van der Waals surface area contributed by atoms with Gasteiger partial charge in [-0.2, -0.15) is 0 Å². The van der Waals surface area contributed by atoms with Crippen LogP contribution in [0.4, 0.5) is 0 Å². The highest BCUT2D eigenvalue weighted by Gasteiger charge is 2.16. The maximum atomic E-state index is 12.2. The van der Waals surface area contributed by atoms with Crippen LogP contribution in [-0.2, 0) is 4.79 Å². The number of nitrogens with one attached hydrogen (secondary N) is 1. The number of carbonyl (C=O) groups is 2. The van der Waals surface area contributed by atoms with E-state index < -0.39 is 23.3 Å². The molecule has 2 rings (SSSR count). The number of phenolic OH excluding ortho intramolecular Hbond substituents is 1. The molecule has 2 aromatic carbocycles. The SMILES string of the molecule is O=C(O)/C(=C\c1ccc(O)cc1[O-])NC(=O)c1ccc(Cl)cc1Cl. The van der Waals surface area contributed by atoms with Gasteiger partial charge in [-0.3, -0.25) is 4.79 Å². The molecule has 0 aliphatic carbocycles. The van der Waals surface area contributed by atoms with Crippen molar-refractivity contribution in [2.75, 3.05) is 0 Å². The van der Waals surface area contributed by atoms with Gasteiger partial charge in [0.25, 0.3) is 5.91 Å². The summed E-state index contributed by atoms with van der Waals surface area (Å²) >= 11 is 11.6. The van der Waals surface area contributed by atoms with E-state index in [1.165, 1.54) is 30.3 Å². The standard InChI is InChI=1S/C16H11Cl2NO5/c17-9-2-4-11(12(18)6-9)15(22)19-13(16(23)24)5-8-1-3-10(20)7-14(8)21/h1-7,20-21H,(H,19,22)(H,23,24)/p-1/b13-5+. The van der Waals surface area contributed by atoms with Gasteiger partial charge >= 0.3 is 5.97 Å². The second-order valence-electron chi connectivity index (χ2n) is 4.66. The number of amides is 1. The number of hydrogen-bond donors (Lipinski definition) is 3. The molecule has 0 bridgehead atoms. The van der Waals surface area contributed by atoms with Crippen molar-refractivity contribution in [1.82, 2.24) is 5.32 Å². The van der Waals surface area contributed by atoms with Crippen molar-refractivity contribution in [2.45, 2.75) is 0 Å². The first-order valence-electron chi connectivity index (χ1n) is 6.49. The van der Waals surface area contributed by atoms with Gasteiger partial charge in [-0.25, -0.2) is 4.79 Å². The number of rotatable bonds is 4. The van der Waals surface area contributed by atoms with Gasteiger partial charge in [0, 0.05) is 5.02 Å². The number of phenols is 1. The maximum absolute atomic E-state index is 12.2. The van der Waals surface area contributed by atoms with Crippen molar-refractivity contribution in [3.63, 3.8) is 0 Å². The Morgan fingerprint density at radius 1 is 1.12 bits per heavy atom. The number of benzene rings is 2. The topological polar surface area (TPSA) is 110 Å². The highest BCUT2D eigenvalue weighted by molar-refractivity contribution is 6.36. The van der Waals surface area contributed by atoms with Crippen molar-refractivity contribution in [2.24, 2.45) is 0 Å². The molecule has 1 amide bonds. The molecule has 0 aliphatic rings. The highest BCUT2D eigenvalue weighted by Crippen LogP contribution is 2.23. The predicted molar refractivity (Wildman–Crippen MR) is 87.1 cm³/mol. The van der Waals surface area contributed by atoms with Gasteiger partial charge in [-0.15, -0.1) is 0 Å². The van der Waals surface area contributed by atoms with Gasteiger partial charge in [0.1, 0.15) is 11.4 Å². The Hall–Kier alpha value is -2.70. The summed E-state index contributed by atoms with van der Waals surface area (Å²) in [5.74, 6) is -3.05. The van der Waals surface area contributed by atoms with Gasteiger partial charge in [0.2, 0.25) is 0 Å². The van der Waals surface area contributed by atoms with Crippen LogP contribution in [0.25, 0.3) is 6.08 Å². The Bertz CT molecular complexity index is 848. The molecule has 0 fully saturated rings. The molecule has 0 heterocycles. The number of halogens is 2. The fraction of sp³-hybridized carbons (Fsp3) is 0. The van der Waals surface area contributed by atoms with E-state index in [9.17, 15) is 24.9 Å². The van der Waals surface area contributed by atoms with Crippen LogP contribution in [0.1, 0.15) is 15.9 Å². The van der Waals surface area contributed by atoms with E-state index >= 15 is 0 Å². The molecular formula is C16H10Cl2NO5-. The predicted octanol–water partition coefficient (Wildman–Crippen LogP) is 2.63. The van der Waals surface area contributed by atoms with Crippen molar-refractivity contribution < 1.29 is 24.9 Å². The molecule has 0 spiro atoms. The molecule has 24 heavy (non-hydrogen) atoms. The van der Waals surface area contributed by atoms with Crippen LogP contribution in [-0.4, -0.2) is 22.1 Å². The summed E-state index contributed by atoms with van der Waals surface area (Å²) in [7, 11) is 0. The van der Waals surface area contributed by atoms with Crippen LogP contribution in [0.2, 0.25) is 10.0 Å². The number of aromatic hydroxyl groups is 1. The van der Waals surface area contributed by atoms with Crippen LogP contribution in [0.3, 0.4) is 0 Å². The Morgan fingerprint density at radius 2 is 1.83 bits per heavy atom. The van der Waals surface area contributed by atoms with Crippen LogP contribution >= 0.6 is 23.2 Å². The van der Waals surface area contributed by atoms with E-state index in [0.29, 0.717) is 5.02 Å². The summed E-state index contributed by atoms with van der Waals surface area (Å²) in [6, 6.07) is 7.52. The number of carboxylic acid groups (broad SMARTS) is 1. The number of carbonyl (C=O) groups excluding carboxylic acids is 1. The first-order chi connectivity index (χ1) is 11.3. The Morgan fingerprint density at radius 3 is 2.42 bits per heavy atom. The van der Waals surface area contributed by atoms with E-state index in [-0.39, 0.29) is 21.9 Å². The van der Waals surface area contributed by atoms with E-state index in [4.69, 9.17) is 23.2 Å². The first kappa shape index (κ1) is 17.7. The van der Waals surface area contributed by atoms with E-state index in [1.54, 1.807) is 0 Å². The average molecular weight is 367 g/mol. The summed E-state index contributed by atoms with van der Waals surface area (Å²) in [6.45, 7) is 0. The van der Waals surface area contributed by atoms with Gasteiger partial charge in [-0.1, -0.05) is 35.0 Å². The minimum Gasteiger partial charge on any atom is -0.872 e. The third-order valence-electron chi connectivity index (χ3n) is 2.95. The molecule has 0 saturated heterocycles. The second-order valence-corrected chi connectivity index (χ2v) is 5.51. The summed E-state index contributed by atoms with van der Waals surface area (Å²) in [6.07, 6.45) is 0.992. The summed E-state index contributed by atoms with van der Waals surface area (Å²) in [5, 5.41) is 32.7. The molecule has 124 valence electrons. The molecular weight excluding hydrogens is 357 g/mol. The number of hydrogen-bond acceptors (Lipinski definition) is 4. The lowest BCUT2D eigenvalue weighted by molar-refractivity contribution is -0.268. The molecule has 3 N–H and O–H groups in total. The van der Waals surface area contributed by atoms with Gasteiger partial charge in [-0.05, 0) is 42.0 Å².